The van der Waals surface area contributed by atoms with Gasteiger partial charge in [-0.05, 0) is 12.8 Å². The molecule has 1 unspecified atom stereocenters. The van der Waals surface area contributed by atoms with E-state index < -0.39 is 37.3 Å². The van der Waals surface area contributed by atoms with E-state index in [2.05, 4.69) is 13.8 Å². The van der Waals surface area contributed by atoms with Crippen LogP contribution in [0.25, 0.3) is 0 Å². The van der Waals surface area contributed by atoms with E-state index in [4.69, 9.17) is 18.9 Å². The Kier molecular flexibility index (Phi) is 33.1. The van der Waals surface area contributed by atoms with Crippen LogP contribution >= 0.6 is 0 Å². The van der Waals surface area contributed by atoms with Crippen molar-refractivity contribution >= 4 is 0 Å². The predicted molar refractivity (Wildman–Crippen MR) is 201 cm³/mol. The van der Waals surface area contributed by atoms with Crippen LogP contribution in [0.2, 0.25) is 0 Å². The second-order valence-corrected chi connectivity index (χ2v) is 14.8. The number of aliphatic hydroxyl groups excluding tert-OH is 4. The van der Waals surface area contributed by atoms with E-state index in [9.17, 15) is 20.4 Å². The zero-order valence-electron chi connectivity index (χ0n) is 32.2. The van der Waals surface area contributed by atoms with Crippen molar-refractivity contribution < 1.29 is 39.4 Å². The Morgan fingerprint density at radius 2 is 0.857 bits per heavy atom. The molecule has 1 saturated heterocycles. The van der Waals surface area contributed by atoms with Gasteiger partial charge in [-0.25, -0.2) is 0 Å². The molecule has 0 radical (unpaired) electrons. The van der Waals surface area contributed by atoms with Crippen LogP contribution in [0.1, 0.15) is 194 Å². The first kappa shape index (κ1) is 46.7. The van der Waals surface area contributed by atoms with Gasteiger partial charge in [0.05, 0.1) is 19.8 Å². The van der Waals surface area contributed by atoms with Crippen molar-refractivity contribution in [1.29, 1.82) is 0 Å². The van der Waals surface area contributed by atoms with Crippen LogP contribution in [0.4, 0.5) is 0 Å². The number of unbranched alkanes of at least 4 members (excludes halogenated alkanes) is 26. The maximum absolute atomic E-state index is 10.4. The molecule has 294 valence electrons. The third kappa shape index (κ3) is 26.2. The molecule has 4 N–H and O–H groups in total. The molecule has 1 fully saturated rings. The van der Waals surface area contributed by atoms with E-state index in [1.54, 1.807) is 0 Å². The normalized spacial score (nSPS) is 21.8. The molecule has 0 aromatic rings. The fraction of sp³-hybridized carbons (Fsp3) is 1.00. The first-order valence-corrected chi connectivity index (χ1v) is 21.2. The minimum Gasteiger partial charge on any atom is -0.394 e. The van der Waals surface area contributed by atoms with Crippen molar-refractivity contribution in [2.45, 2.75) is 230 Å². The lowest BCUT2D eigenvalue weighted by atomic mass is 9.99. The summed E-state index contributed by atoms with van der Waals surface area (Å²) in [6.45, 7) is 5.87. The van der Waals surface area contributed by atoms with Gasteiger partial charge in [-0.2, -0.15) is 0 Å². The number of hydrogen-bond donors (Lipinski definition) is 4. The van der Waals surface area contributed by atoms with Crippen LogP contribution in [-0.4, -0.2) is 90.3 Å². The van der Waals surface area contributed by atoms with E-state index in [-0.39, 0.29) is 12.7 Å². The van der Waals surface area contributed by atoms with Crippen LogP contribution in [0.15, 0.2) is 0 Å². The molecule has 0 bridgehead atoms. The Morgan fingerprint density at radius 3 is 1.27 bits per heavy atom. The fourth-order valence-corrected chi connectivity index (χ4v) is 6.71. The minimum absolute atomic E-state index is 0.125. The summed E-state index contributed by atoms with van der Waals surface area (Å²) in [4.78, 5) is 0. The molecule has 6 atom stereocenters. The third-order valence-electron chi connectivity index (χ3n) is 10.1. The van der Waals surface area contributed by atoms with Gasteiger partial charge < -0.3 is 39.4 Å². The van der Waals surface area contributed by atoms with Crippen LogP contribution in [-0.2, 0) is 18.9 Å². The quantitative estimate of drug-likeness (QED) is 0.0474. The van der Waals surface area contributed by atoms with Crippen LogP contribution in [0, 0.1) is 0 Å². The van der Waals surface area contributed by atoms with Crippen LogP contribution in [0.3, 0.4) is 0 Å². The van der Waals surface area contributed by atoms with Gasteiger partial charge in [-0.1, -0.05) is 181 Å². The van der Waals surface area contributed by atoms with E-state index in [0.29, 0.717) is 19.8 Å². The molecule has 8 nitrogen and oxygen atoms in total. The lowest BCUT2D eigenvalue weighted by Gasteiger charge is -2.39. The predicted octanol–water partition coefficient (Wildman–Crippen LogP) is 9.17. The molecule has 1 aliphatic heterocycles. The number of hydrogen-bond acceptors (Lipinski definition) is 8. The maximum Gasteiger partial charge on any atom is 0.186 e. The summed E-state index contributed by atoms with van der Waals surface area (Å²) < 4.78 is 23.5. The van der Waals surface area contributed by atoms with Gasteiger partial charge >= 0.3 is 0 Å². The Balaban J connectivity index is 2.20. The van der Waals surface area contributed by atoms with Crippen molar-refractivity contribution in [1.82, 2.24) is 0 Å². The number of aliphatic hydroxyl groups is 4. The molecule has 1 rings (SSSR count). The van der Waals surface area contributed by atoms with Crippen LogP contribution < -0.4 is 0 Å². The summed E-state index contributed by atoms with van der Waals surface area (Å²) in [5, 5.41) is 40.0. The second-order valence-electron chi connectivity index (χ2n) is 14.8. The van der Waals surface area contributed by atoms with Gasteiger partial charge in [-0.3, -0.25) is 0 Å². The lowest BCUT2D eigenvalue weighted by Crippen LogP contribution is -2.59. The Morgan fingerprint density at radius 1 is 0.469 bits per heavy atom. The largest absolute Gasteiger partial charge is 0.394 e. The molecule has 1 aliphatic rings. The van der Waals surface area contributed by atoms with E-state index in [1.165, 1.54) is 161 Å². The highest BCUT2D eigenvalue weighted by Crippen LogP contribution is 2.22. The molecular formula is C41H82O8. The zero-order chi connectivity index (χ0) is 35.6. The van der Waals surface area contributed by atoms with E-state index >= 15 is 0 Å². The Labute approximate surface area is 302 Å². The maximum atomic E-state index is 10.4. The highest BCUT2D eigenvalue weighted by Gasteiger charge is 2.44. The summed E-state index contributed by atoms with van der Waals surface area (Å²) in [6.07, 6.45) is 30.1. The molecule has 49 heavy (non-hydrogen) atoms. The van der Waals surface area contributed by atoms with E-state index in [0.717, 1.165) is 19.3 Å². The lowest BCUT2D eigenvalue weighted by molar-refractivity contribution is -0.306. The molecule has 0 aromatic carbocycles. The molecule has 8 heteroatoms. The summed E-state index contributed by atoms with van der Waals surface area (Å²) >= 11 is 0. The smallest absolute Gasteiger partial charge is 0.186 e. The molecular weight excluding hydrogens is 620 g/mol. The highest BCUT2D eigenvalue weighted by atomic mass is 16.7. The molecule has 1 heterocycles. The van der Waals surface area contributed by atoms with Gasteiger partial charge in [0, 0.05) is 13.2 Å². The van der Waals surface area contributed by atoms with E-state index in [1.807, 2.05) is 0 Å². The van der Waals surface area contributed by atoms with Gasteiger partial charge in [0.15, 0.2) is 6.29 Å². The first-order valence-electron chi connectivity index (χ1n) is 21.2. The van der Waals surface area contributed by atoms with Crippen molar-refractivity contribution in [2.24, 2.45) is 0 Å². The Hall–Kier alpha value is -0.320. The summed E-state index contributed by atoms with van der Waals surface area (Å²) in [5.41, 5.74) is 0. The number of ether oxygens (including phenoxy) is 4. The standard InChI is InChI=1S/C41H82O8/c1-3-5-7-9-11-13-15-17-19-21-23-25-27-29-31-46-34-36(35-48-41-40(45)39(44)38(43)37(33-42)49-41)47-32-30-28-26-24-22-20-18-16-14-12-10-8-6-4-2/h36-45H,3-35H2,1-2H3/t36?,37-,38-,39+,40-,41-/m1/s1. The van der Waals surface area contributed by atoms with Crippen molar-refractivity contribution in [3.05, 3.63) is 0 Å². The highest BCUT2D eigenvalue weighted by molar-refractivity contribution is 4.89. The first-order chi connectivity index (χ1) is 24.0. The van der Waals surface area contributed by atoms with Crippen molar-refractivity contribution in [2.75, 3.05) is 33.0 Å². The van der Waals surface area contributed by atoms with Gasteiger partial charge in [0.25, 0.3) is 0 Å². The topological polar surface area (TPSA) is 118 Å². The molecule has 0 aliphatic carbocycles. The summed E-state index contributed by atoms with van der Waals surface area (Å²) in [5.74, 6) is 0. The summed E-state index contributed by atoms with van der Waals surface area (Å²) in [6, 6.07) is 0. The molecule has 0 spiro atoms. The number of rotatable bonds is 37. The summed E-state index contributed by atoms with van der Waals surface area (Å²) in [7, 11) is 0. The molecule has 0 amide bonds. The molecule has 0 aromatic heterocycles. The van der Waals surface area contributed by atoms with Gasteiger partial charge in [0.1, 0.15) is 30.5 Å². The van der Waals surface area contributed by atoms with Crippen molar-refractivity contribution in [3.63, 3.8) is 0 Å². The average molecular weight is 703 g/mol. The Bertz CT molecular complexity index is 665. The molecule has 0 saturated carbocycles. The minimum atomic E-state index is -1.46. The monoisotopic (exact) mass is 703 g/mol. The SMILES string of the molecule is CCCCCCCCCCCCCCCCOCC(CO[C@@H]1O[C@H](CO)[C@@H](O)[C@H](O)[C@H]1O)OCCCCCCCCCCCCCCCC. The van der Waals surface area contributed by atoms with Crippen LogP contribution in [0.5, 0.6) is 0 Å². The van der Waals surface area contributed by atoms with Gasteiger partial charge in [-0.15, -0.1) is 0 Å². The third-order valence-corrected chi connectivity index (χ3v) is 10.1. The average Bonchev–Trinajstić information content (AvgIpc) is 3.11. The van der Waals surface area contributed by atoms with Gasteiger partial charge in [0.2, 0.25) is 0 Å². The second kappa shape index (κ2) is 34.7. The van der Waals surface area contributed by atoms with Crippen molar-refractivity contribution in [3.8, 4) is 0 Å². The fourth-order valence-electron chi connectivity index (χ4n) is 6.71. The zero-order valence-corrected chi connectivity index (χ0v) is 32.2.